The average molecular weight is 430 g/mol. The van der Waals surface area contributed by atoms with Crippen LogP contribution in [0.4, 0.5) is 0 Å². The molecule has 1 heterocycles. The Morgan fingerprint density at radius 1 is 1.13 bits per heavy atom. The van der Waals surface area contributed by atoms with Crippen LogP contribution in [-0.2, 0) is 11.3 Å². The van der Waals surface area contributed by atoms with E-state index in [4.69, 9.17) is 5.73 Å². The summed E-state index contributed by atoms with van der Waals surface area (Å²) in [5.74, 6) is 0.592. The molecular formula is C17H27IN4O. The molecule has 0 aromatic heterocycles. The minimum atomic E-state index is 0. The zero-order valence-corrected chi connectivity index (χ0v) is 15.9. The molecule has 6 heteroatoms. The number of nitrogens with zero attached hydrogens (tertiary/aromatic N) is 2. The minimum absolute atomic E-state index is 0. The zero-order chi connectivity index (χ0) is 15.6. The van der Waals surface area contributed by atoms with E-state index in [0.29, 0.717) is 25.5 Å². The summed E-state index contributed by atoms with van der Waals surface area (Å²) >= 11 is 0. The third-order valence-corrected chi connectivity index (χ3v) is 3.88. The van der Waals surface area contributed by atoms with E-state index in [1.54, 1.807) is 0 Å². The summed E-state index contributed by atoms with van der Waals surface area (Å²) in [7, 11) is 0. The fraction of sp³-hybridized carbons (Fsp3) is 0.529. The van der Waals surface area contributed by atoms with E-state index in [1.165, 1.54) is 25.7 Å². The number of benzene rings is 1. The summed E-state index contributed by atoms with van der Waals surface area (Å²) in [6.07, 6.45) is 5.26. The van der Waals surface area contributed by atoms with Crippen molar-refractivity contribution in [2.45, 2.75) is 38.6 Å². The molecule has 1 aliphatic rings. The molecule has 128 valence electrons. The van der Waals surface area contributed by atoms with E-state index < -0.39 is 0 Å². The molecule has 3 N–H and O–H groups in total. The van der Waals surface area contributed by atoms with Crippen LogP contribution in [0.25, 0.3) is 0 Å². The standard InChI is InChI=1S/C17H26N4O.HI/c18-17(21-12-6-1-2-7-13-21)19-11-10-16(22)20-14-15-8-4-3-5-9-15;/h3-5,8-9H,1-2,6-7,10-14H2,(H2,18,19)(H,20,22);1H. The Kier molecular flexibility index (Phi) is 9.66. The molecule has 0 radical (unpaired) electrons. The summed E-state index contributed by atoms with van der Waals surface area (Å²) in [6, 6.07) is 9.89. The van der Waals surface area contributed by atoms with E-state index in [1.807, 2.05) is 30.3 Å². The van der Waals surface area contributed by atoms with Gasteiger partial charge in [-0.25, -0.2) is 0 Å². The maximum atomic E-state index is 11.8. The second-order valence-corrected chi connectivity index (χ2v) is 5.65. The number of hydrogen-bond acceptors (Lipinski definition) is 2. The summed E-state index contributed by atoms with van der Waals surface area (Å²) in [5.41, 5.74) is 7.11. The summed E-state index contributed by atoms with van der Waals surface area (Å²) in [5, 5.41) is 2.90. The van der Waals surface area contributed by atoms with Crippen LogP contribution in [0.15, 0.2) is 35.3 Å². The predicted molar refractivity (Wildman–Crippen MR) is 105 cm³/mol. The van der Waals surface area contributed by atoms with E-state index >= 15 is 0 Å². The van der Waals surface area contributed by atoms with E-state index in [0.717, 1.165) is 18.7 Å². The van der Waals surface area contributed by atoms with Gasteiger partial charge < -0.3 is 16.0 Å². The largest absolute Gasteiger partial charge is 0.370 e. The number of carbonyl (C=O) groups is 1. The Morgan fingerprint density at radius 2 is 1.78 bits per heavy atom. The van der Waals surface area contributed by atoms with Crippen molar-refractivity contribution in [2.24, 2.45) is 10.7 Å². The van der Waals surface area contributed by atoms with Crippen molar-refractivity contribution >= 4 is 35.8 Å². The lowest BCUT2D eigenvalue weighted by molar-refractivity contribution is -0.121. The van der Waals surface area contributed by atoms with Gasteiger partial charge in [0.15, 0.2) is 5.96 Å². The highest BCUT2D eigenvalue weighted by Crippen LogP contribution is 2.09. The third kappa shape index (κ3) is 7.67. The quantitative estimate of drug-likeness (QED) is 0.429. The van der Waals surface area contributed by atoms with Gasteiger partial charge in [-0.2, -0.15) is 0 Å². The molecule has 1 amide bonds. The first-order chi connectivity index (χ1) is 10.8. The Balaban J connectivity index is 0.00000264. The molecule has 0 unspecified atom stereocenters. The highest BCUT2D eigenvalue weighted by molar-refractivity contribution is 14.0. The molecule has 0 aliphatic carbocycles. The van der Waals surface area contributed by atoms with Crippen LogP contribution < -0.4 is 11.1 Å². The highest BCUT2D eigenvalue weighted by atomic mass is 127. The number of rotatable bonds is 5. The van der Waals surface area contributed by atoms with Crippen molar-refractivity contribution in [2.75, 3.05) is 19.6 Å². The lowest BCUT2D eigenvalue weighted by atomic mass is 10.2. The van der Waals surface area contributed by atoms with Gasteiger partial charge >= 0.3 is 0 Å². The summed E-state index contributed by atoms with van der Waals surface area (Å²) < 4.78 is 0. The zero-order valence-electron chi connectivity index (χ0n) is 13.5. The van der Waals surface area contributed by atoms with Gasteiger partial charge in [0.1, 0.15) is 0 Å². The molecule has 1 aliphatic heterocycles. The van der Waals surface area contributed by atoms with E-state index in [-0.39, 0.29) is 29.9 Å². The molecular weight excluding hydrogens is 403 g/mol. The molecule has 0 bridgehead atoms. The predicted octanol–water partition coefficient (Wildman–Crippen LogP) is 2.50. The molecule has 1 saturated heterocycles. The summed E-state index contributed by atoms with van der Waals surface area (Å²) in [4.78, 5) is 18.3. The van der Waals surface area contributed by atoms with Crippen LogP contribution in [0.1, 0.15) is 37.7 Å². The molecule has 23 heavy (non-hydrogen) atoms. The van der Waals surface area contributed by atoms with Crippen molar-refractivity contribution < 1.29 is 4.79 Å². The van der Waals surface area contributed by atoms with E-state index in [2.05, 4.69) is 15.2 Å². The number of guanidine groups is 1. The molecule has 1 fully saturated rings. The SMILES string of the molecule is I.NC(=NCCC(=O)NCc1ccccc1)N1CCCCCC1. The van der Waals surface area contributed by atoms with Crippen LogP contribution in [0.3, 0.4) is 0 Å². The van der Waals surface area contributed by atoms with Crippen LogP contribution >= 0.6 is 24.0 Å². The Labute approximate surface area is 155 Å². The molecule has 1 aromatic carbocycles. The van der Waals surface area contributed by atoms with Crippen LogP contribution in [0.5, 0.6) is 0 Å². The number of hydrogen-bond donors (Lipinski definition) is 2. The minimum Gasteiger partial charge on any atom is -0.370 e. The average Bonchev–Trinajstić information content (AvgIpc) is 2.83. The summed E-state index contributed by atoms with van der Waals surface area (Å²) in [6.45, 7) is 2.97. The van der Waals surface area contributed by atoms with Crippen molar-refractivity contribution in [3.63, 3.8) is 0 Å². The van der Waals surface area contributed by atoms with Crippen LogP contribution in [0, 0.1) is 0 Å². The number of aliphatic imine (C=N–C) groups is 1. The molecule has 5 nitrogen and oxygen atoms in total. The van der Waals surface area contributed by atoms with Crippen LogP contribution in [0.2, 0.25) is 0 Å². The number of likely N-dealkylation sites (tertiary alicyclic amines) is 1. The normalized spacial score (nSPS) is 15.5. The van der Waals surface area contributed by atoms with Gasteiger partial charge in [0.05, 0.1) is 6.54 Å². The van der Waals surface area contributed by atoms with Gasteiger partial charge in [-0.15, -0.1) is 24.0 Å². The third-order valence-electron chi connectivity index (χ3n) is 3.88. The van der Waals surface area contributed by atoms with Crippen molar-refractivity contribution in [1.82, 2.24) is 10.2 Å². The van der Waals surface area contributed by atoms with Gasteiger partial charge in [0, 0.05) is 26.1 Å². The topological polar surface area (TPSA) is 70.7 Å². The van der Waals surface area contributed by atoms with Gasteiger partial charge in [-0.3, -0.25) is 9.79 Å². The number of amides is 1. The fourth-order valence-corrected chi connectivity index (χ4v) is 2.56. The molecule has 0 atom stereocenters. The number of nitrogens with one attached hydrogen (secondary N) is 1. The Bertz CT molecular complexity index is 485. The van der Waals surface area contributed by atoms with Gasteiger partial charge in [-0.05, 0) is 18.4 Å². The highest BCUT2D eigenvalue weighted by Gasteiger charge is 2.10. The van der Waals surface area contributed by atoms with E-state index in [9.17, 15) is 4.79 Å². The van der Waals surface area contributed by atoms with Crippen molar-refractivity contribution in [3.05, 3.63) is 35.9 Å². The first kappa shape index (κ1) is 19.7. The van der Waals surface area contributed by atoms with Crippen molar-refractivity contribution in [3.8, 4) is 0 Å². The second kappa shape index (κ2) is 11.3. The Morgan fingerprint density at radius 3 is 2.43 bits per heavy atom. The molecule has 1 aromatic rings. The number of halogens is 1. The van der Waals surface area contributed by atoms with Gasteiger partial charge in [0.2, 0.25) is 5.91 Å². The first-order valence-corrected chi connectivity index (χ1v) is 8.11. The molecule has 0 saturated carbocycles. The smallest absolute Gasteiger partial charge is 0.222 e. The first-order valence-electron chi connectivity index (χ1n) is 8.11. The van der Waals surface area contributed by atoms with Crippen molar-refractivity contribution in [1.29, 1.82) is 0 Å². The number of carbonyl (C=O) groups excluding carboxylic acids is 1. The lowest BCUT2D eigenvalue weighted by Crippen LogP contribution is -2.38. The van der Waals surface area contributed by atoms with Gasteiger partial charge in [0.25, 0.3) is 0 Å². The molecule has 2 rings (SSSR count). The Hall–Kier alpha value is -1.31. The maximum absolute atomic E-state index is 11.8. The van der Waals surface area contributed by atoms with Gasteiger partial charge in [-0.1, -0.05) is 43.2 Å². The maximum Gasteiger partial charge on any atom is 0.222 e. The monoisotopic (exact) mass is 430 g/mol. The van der Waals surface area contributed by atoms with Crippen LogP contribution in [-0.4, -0.2) is 36.4 Å². The second-order valence-electron chi connectivity index (χ2n) is 5.65. The number of nitrogens with two attached hydrogens (primary N) is 1. The fourth-order valence-electron chi connectivity index (χ4n) is 2.56. The lowest BCUT2D eigenvalue weighted by Gasteiger charge is -2.21. The molecule has 0 spiro atoms.